The maximum atomic E-state index is 3.66. The molecule has 0 radical (unpaired) electrons. The van der Waals surface area contributed by atoms with Gasteiger partial charge in [0.15, 0.2) is 0 Å². The van der Waals surface area contributed by atoms with Crippen molar-refractivity contribution >= 4 is 27.3 Å². The van der Waals surface area contributed by atoms with E-state index in [1.807, 2.05) is 11.3 Å². The highest BCUT2D eigenvalue weighted by Crippen LogP contribution is 2.22. The van der Waals surface area contributed by atoms with Crippen LogP contribution in [0.15, 0.2) is 15.9 Å². The average molecular weight is 303 g/mol. The van der Waals surface area contributed by atoms with Gasteiger partial charge in [-0.1, -0.05) is 6.92 Å². The number of hydrogen-bond acceptors (Lipinski definition) is 3. The Morgan fingerprint density at radius 2 is 2.44 bits per heavy atom. The molecule has 1 N–H and O–H groups in total. The molecule has 0 amide bonds. The van der Waals surface area contributed by atoms with Crippen molar-refractivity contribution in [3.8, 4) is 0 Å². The maximum absolute atomic E-state index is 3.66. The predicted octanol–water partition coefficient (Wildman–Crippen LogP) is 3.08. The zero-order valence-corrected chi connectivity index (χ0v) is 12.1. The van der Waals surface area contributed by atoms with Crippen molar-refractivity contribution in [1.29, 1.82) is 0 Å². The number of thiophene rings is 1. The van der Waals surface area contributed by atoms with Gasteiger partial charge in [0, 0.05) is 24.0 Å². The lowest BCUT2D eigenvalue weighted by Crippen LogP contribution is -2.45. The van der Waals surface area contributed by atoms with Crippen molar-refractivity contribution in [2.45, 2.75) is 32.4 Å². The fourth-order valence-electron chi connectivity index (χ4n) is 2.20. The number of halogens is 1. The van der Waals surface area contributed by atoms with Crippen LogP contribution in [0.1, 0.15) is 24.6 Å². The lowest BCUT2D eigenvalue weighted by atomic mass is 10.1. The second-order valence-corrected chi connectivity index (χ2v) is 6.87. The van der Waals surface area contributed by atoms with Gasteiger partial charge in [-0.3, -0.25) is 0 Å². The standard InChI is InChI=1S/C12H19BrN2S/c1-2-15-7-3-4-10(9-15)14-8-11-5-6-12(13)16-11/h5-6,10,14H,2-4,7-9H2,1H3. The molecule has 1 saturated heterocycles. The summed E-state index contributed by atoms with van der Waals surface area (Å²) < 4.78 is 1.23. The number of likely N-dealkylation sites (tertiary alicyclic amines) is 1. The van der Waals surface area contributed by atoms with Crippen molar-refractivity contribution in [1.82, 2.24) is 10.2 Å². The first-order valence-corrected chi connectivity index (χ1v) is 7.59. The van der Waals surface area contributed by atoms with Gasteiger partial charge in [-0.2, -0.15) is 0 Å². The van der Waals surface area contributed by atoms with Gasteiger partial charge in [-0.25, -0.2) is 0 Å². The van der Waals surface area contributed by atoms with Crippen molar-refractivity contribution in [3.63, 3.8) is 0 Å². The highest BCUT2D eigenvalue weighted by atomic mass is 79.9. The van der Waals surface area contributed by atoms with Gasteiger partial charge >= 0.3 is 0 Å². The van der Waals surface area contributed by atoms with Gasteiger partial charge in [0.1, 0.15) is 0 Å². The highest BCUT2D eigenvalue weighted by molar-refractivity contribution is 9.11. The molecule has 1 aliphatic heterocycles. The summed E-state index contributed by atoms with van der Waals surface area (Å²) in [4.78, 5) is 3.95. The van der Waals surface area contributed by atoms with Crippen molar-refractivity contribution in [2.24, 2.45) is 0 Å². The molecule has 0 spiro atoms. The summed E-state index contributed by atoms with van der Waals surface area (Å²) in [5.41, 5.74) is 0. The minimum atomic E-state index is 0.676. The first-order valence-electron chi connectivity index (χ1n) is 5.98. The summed E-state index contributed by atoms with van der Waals surface area (Å²) in [6.07, 6.45) is 2.66. The largest absolute Gasteiger partial charge is 0.308 e. The second kappa shape index (κ2) is 6.15. The van der Waals surface area contributed by atoms with Crippen molar-refractivity contribution in [3.05, 3.63) is 20.8 Å². The summed E-state index contributed by atoms with van der Waals surface area (Å²) in [5.74, 6) is 0. The summed E-state index contributed by atoms with van der Waals surface area (Å²) in [7, 11) is 0. The third-order valence-corrected chi connectivity index (χ3v) is 4.77. The number of nitrogens with zero attached hydrogens (tertiary/aromatic N) is 1. The van der Waals surface area contributed by atoms with Crippen LogP contribution >= 0.6 is 27.3 Å². The Hall–Kier alpha value is 0.1000. The first-order chi connectivity index (χ1) is 7.78. The third-order valence-electron chi connectivity index (χ3n) is 3.15. The topological polar surface area (TPSA) is 15.3 Å². The van der Waals surface area contributed by atoms with E-state index in [0.29, 0.717) is 6.04 Å². The van der Waals surface area contributed by atoms with E-state index in [-0.39, 0.29) is 0 Å². The SMILES string of the molecule is CCN1CCCC(NCc2ccc(Br)s2)C1. The molecular weight excluding hydrogens is 284 g/mol. The number of rotatable bonds is 4. The molecule has 2 nitrogen and oxygen atoms in total. The quantitative estimate of drug-likeness (QED) is 0.919. The minimum absolute atomic E-state index is 0.676. The van der Waals surface area contributed by atoms with Crippen LogP contribution in [0, 0.1) is 0 Å². The molecule has 0 saturated carbocycles. The number of nitrogens with one attached hydrogen (secondary N) is 1. The van der Waals surface area contributed by atoms with Crippen LogP contribution in [-0.4, -0.2) is 30.6 Å². The van der Waals surface area contributed by atoms with E-state index in [2.05, 4.69) is 45.2 Å². The van der Waals surface area contributed by atoms with E-state index >= 15 is 0 Å². The monoisotopic (exact) mass is 302 g/mol. The summed E-state index contributed by atoms with van der Waals surface area (Å²) in [5, 5.41) is 3.66. The maximum Gasteiger partial charge on any atom is 0.0701 e. The zero-order valence-electron chi connectivity index (χ0n) is 9.71. The molecule has 0 aliphatic carbocycles. The van der Waals surface area contributed by atoms with Crippen LogP contribution in [-0.2, 0) is 6.54 Å². The Kier molecular flexibility index (Phi) is 4.82. The van der Waals surface area contributed by atoms with Crippen molar-refractivity contribution < 1.29 is 0 Å². The molecule has 1 unspecified atom stereocenters. The molecule has 2 rings (SSSR count). The minimum Gasteiger partial charge on any atom is -0.308 e. The van der Waals surface area contributed by atoms with Crippen LogP contribution in [0.3, 0.4) is 0 Å². The first kappa shape index (κ1) is 12.6. The van der Waals surface area contributed by atoms with Crippen molar-refractivity contribution in [2.75, 3.05) is 19.6 Å². The Bertz CT molecular complexity index is 327. The Morgan fingerprint density at radius 3 is 3.12 bits per heavy atom. The van der Waals surface area contributed by atoms with E-state index in [4.69, 9.17) is 0 Å². The smallest absolute Gasteiger partial charge is 0.0701 e. The molecule has 2 heterocycles. The van der Waals surface area contributed by atoms with Crippen LogP contribution in [0.4, 0.5) is 0 Å². The highest BCUT2D eigenvalue weighted by Gasteiger charge is 2.17. The Labute approximate surface area is 110 Å². The van der Waals surface area contributed by atoms with E-state index in [1.54, 1.807) is 0 Å². The van der Waals surface area contributed by atoms with E-state index in [0.717, 1.165) is 6.54 Å². The molecule has 1 aromatic heterocycles. The molecule has 90 valence electrons. The van der Waals surface area contributed by atoms with E-state index in [9.17, 15) is 0 Å². The number of piperidine rings is 1. The molecule has 1 atom stereocenters. The van der Waals surface area contributed by atoms with Crippen LogP contribution < -0.4 is 5.32 Å². The second-order valence-electron chi connectivity index (χ2n) is 4.32. The van der Waals surface area contributed by atoms with Gasteiger partial charge in [0.25, 0.3) is 0 Å². The normalized spacial score (nSPS) is 22.5. The molecule has 1 aliphatic rings. The molecule has 0 bridgehead atoms. The summed E-state index contributed by atoms with van der Waals surface area (Å²) in [6.45, 7) is 6.93. The van der Waals surface area contributed by atoms with Gasteiger partial charge in [0.05, 0.1) is 3.79 Å². The fourth-order valence-corrected chi connectivity index (χ4v) is 3.64. The van der Waals surface area contributed by atoms with Crippen LogP contribution in [0.2, 0.25) is 0 Å². The number of likely N-dealkylation sites (N-methyl/N-ethyl adjacent to an activating group) is 1. The number of hydrogen-bond donors (Lipinski definition) is 1. The lowest BCUT2D eigenvalue weighted by Gasteiger charge is -2.32. The van der Waals surface area contributed by atoms with Gasteiger partial charge in [-0.05, 0) is 54.0 Å². The molecule has 1 fully saturated rings. The van der Waals surface area contributed by atoms with Crippen LogP contribution in [0.25, 0.3) is 0 Å². The summed E-state index contributed by atoms with van der Waals surface area (Å²) in [6, 6.07) is 5.00. The van der Waals surface area contributed by atoms with E-state index < -0.39 is 0 Å². The molecular formula is C12H19BrN2S. The third kappa shape index (κ3) is 3.55. The van der Waals surface area contributed by atoms with Gasteiger partial charge in [-0.15, -0.1) is 11.3 Å². The Balaban J connectivity index is 1.77. The molecule has 1 aromatic rings. The predicted molar refractivity (Wildman–Crippen MR) is 74.0 cm³/mol. The van der Waals surface area contributed by atoms with Crippen LogP contribution in [0.5, 0.6) is 0 Å². The zero-order chi connectivity index (χ0) is 11.4. The summed E-state index contributed by atoms with van der Waals surface area (Å²) >= 11 is 5.32. The van der Waals surface area contributed by atoms with E-state index in [1.165, 1.54) is 41.1 Å². The van der Waals surface area contributed by atoms with Gasteiger partial charge < -0.3 is 10.2 Å². The molecule has 16 heavy (non-hydrogen) atoms. The fraction of sp³-hybridized carbons (Fsp3) is 0.667. The average Bonchev–Trinajstić information content (AvgIpc) is 2.73. The lowest BCUT2D eigenvalue weighted by molar-refractivity contribution is 0.198. The molecule has 4 heteroatoms. The molecule has 0 aromatic carbocycles. The van der Waals surface area contributed by atoms with Gasteiger partial charge in [0.2, 0.25) is 0 Å². The Morgan fingerprint density at radius 1 is 1.56 bits per heavy atom.